The van der Waals surface area contributed by atoms with Gasteiger partial charge in [-0.1, -0.05) is 35.3 Å². The number of ketones is 1. The summed E-state index contributed by atoms with van der Waals surface area (Å²) in [5, 5.41) is 2.94. The first-order chi connectivity index (χ1) is 18.8. The van der Waals surface area contributed by atoms with Crippen molar-refractivity contribution < 1.29 is 18.8 Å². The standard InChI is InChI=1S/C29H21Cl2FN4O3/c30-19-7-9-21-18(13-19)14-26(37)25(15-20-4-1-2-10-33-20)36(29(21)39)16-17-6-8-22(23(31)12-17)28(38)35-27-24(32)5-3-11-34-27/h1-13,25H,14-16H2,(H,34,35,38)/t25-/m1/s1. The van der Waals surface area contributed by atoms with Gasteiger partial charge in [-0.2, -0.15) is 0 Å². The van der Waals surface area contributed by atoms with Crippen LogP contribution in [0, 0.1) is 5.82 Å². The van der Waals surface area contributed by atoms with E-state index in [1.165, 1.54) is 29.3 Å². The van der Waals surface area contributed by atoms with Gasteiger partial charge in [0.1, 0.15) is 0 Å². The second-order valence-corrected chi connectivity index (χ2v) is 9.86. The Morgan fingerprint density at radius 3 is 2.56 bits per heavy atom. The van der Waals surface area contributed by atoms with E-state index in [4.69, 9.17) is 23.2 Å². The van der Waals surface area contributed by atoms with Crippen molar-refractivity contribution in [3.63, 3.8) is 0 Å². The molecule has 1 atom stereocenters. The zero-order valence-electron chi connectivity index (χ0n) is 20.4. The molecule has 1 aliphatic rings. The lowest BCUT2D eigenvalue weighted by Gasteiger charge is -2.29. The summed E-state index contributed by atoms with van der Waals surface area (Å²) in [5.41, 5.74) is 2.34. The summed E-state index contributed by atoms with van der Waals surface area (Å²) in [7, 11) is 0. The molecule has 2 aromatic carbocycles. The number of benzene rings is 2. The monoisotopic (exact) mass is 562 g/mol. The maximum atomic E-state index is 13.9. The average Bonchev–Trinajstić information content (AvgIpc) is 3.00. The van der Waals surface area contributed by atoms with E-state index >= 15 is 0 Å². The highest BCUT2D eigenvalue weighted by molar-refractivity contribution is 6.34. The normalized spacial score (nSPS) is 15.1. The van der Waals surface area contributed by atoms with Crippen LogP contribution in [0.2, 0.25) is 10.0 Å². The molecule has 2 amide bonds. The largest absolute Gasteiger partial charge is 0.324 e. The van der Waals surface area contributed by atoms with E-state index in [0.29, 0.717) is 27.4 Å². The number of aromatic nitrogens is 2. The van der Waals surface area contributed by atoms with Crippen LogP contribution in [0.25, 0.3) is 0 Å². The average molecular weight is 563 g/mol. The lowest BCUT2D eigenvalue weighted by atomic mass is 9.99. The van der Waals surface area contributed by atoms with Crippen molar-refractivity contribution in [2.45, 2.75) is 25.4 Å². The molecular formula is C29H21Cl2FN4O3. The number of fused-ring (bicyclic) bond motifs is 1. The van der Waals surface area contributed by atoms with Crippen LogP contribution < -0.4 is 5.32 Å². The highest BCUT2D eigenvalue weighted by atomic mass is 35.5. The number of halogens is 3. The van der Waals surface area contributed by atoms with Gasteiger partial charge in [-0.05, 0) is 65.7 Å². The number of hydrogen-bond donors (Lipinski definition) is 1. The Kier molecular flexibility index (Phi) is 7.67. The van der Waals surface area contributed by atoms with Crippen molar-refractivity contribution in [2.24, 2.45) is 0 Å². The molecule has 7 nitrogen and oxygen atoms in total. The molecule has 10 heteroatoms. The predicted molar refractivity (Wildman–Crippen MR) is 145 cm³/mol. The molecule has 1 N–H and O–H groups in total. The number of rotatable bonds is 6. The number of nitrogens with one attached hydrogen (secondary N) is 1. The van der Waals surface area contributed by atoms with E-state index in [0.717, 1.165) is 0 Å². The molecule has 0 fully saturated rings. The van der Waals surface area contributed by atoms with Crippen molar-refractivity contribution >= 4 is 46.6 Å². The third kappa shape index (κ3) is 5.82. The molecule has 0 aliphatic carbocycles. The molecule has 3 heterocycles. The van der Waals surface area contributed by atoms with Crippen LogP contribution in [0.4, 0.5) is 10.2 Å². The number of carbonyl (C=O) groups excluding carboxylic acids is 3. The number of hydrogen-bond acceptors (Lipinski definition) is 5. The summed E-state index contributed by atoms with van der Waals surface area (Å²) in [6.07, 6.45) is 3.28. The van der Waals surface area contributed by atoms with Crippen LogP contribution in [0.3, 0.4) is 0 Å². The number of Topliss-reactive ketones (excluding diaryl/α,β-unsaturated/α-hetero) is 1. The SMILES string of the molecule is O=C(Nc1ncccc1F)c1ccc(CN2C(=O)c3ccc(Cl)cc3CC(=O)[C@H]2Cc2ccccn2)cc1Cl. The maximum absolute atomic E-state index is 13.9. The van der Waals surface area contributed by atoms with Gasteiger partial charge in [0.05, 0.1) is 16.6 Å². The lowest BCUT2D eigenvalue weighted by molar-refractivity contribution is -0.122. The third-order valence-electron chi connectivity index (χ3n) is 6.42. The zero-order chi connectivity index (χ0) is 27.5. The van der Waals surface area contributed by atoms with E-state index in [1.807, 2.05) is 6.07 Å². The smallest absolute Gasteiger partial charge is 0.258 e. The van der Waals surface area contributed by atoms with Gasteiger partial charge in [-0.15, -0.1) is 0 Å². The highest BCUT2D eigenvalue weighted by Crippen LogP contribution is 2.28. The summed E-state index contributed by atoms with van der Waals surface area (Å²) < 4.78 is 13.9. The number of carbonyl (C=O) groups is 3. The molecule has 5 rings (SSSR count). The van der Waals surface area contributed by atoms with Crippen LogP contribution in [0.15, 0.2) is 79.1 Å². The van der Waals surface area contributed by atoms with Crippen LogP contribution in [0.1, 0.15) is 37.5 Å². The fourth-order valence-electron chi connectivity index (χ4n) is 4.51. The number of nitrogens with zero attached hydrogens (tertiary/aromatic N) is 3. The van der Waals surface area contributed by atoms with Crippen LogP contribution in [-0.2, 0) is 24.2 Å². The summed E-state index contributed by atoms with van der Waals surface area (Å²) in [5.74, 6) is -1.99. The molecule has 0 spiro atoms. The van der Waals surface area contributed by atoms with E-state index < -0.39 is 17.8 Å². The van der Waals surface area contributed by atoms with E-state index in [9.17, 15) is 18.8 Å². The van der Waals surface area contributed by atoms with Gasteiger partial charge >= 0.3 is 0 Å². The van der Waals surface area contributed by atoms with Crippen molar-refractivity contribution in [3.05, 3.63) is 123 Å². The Hall–Kier alpha value is -4.14. The van der Waals surface area contributed by atoms with Gasteiger partial charge in [0.25, 0.3) is 11.8 Å². The second kappa shape index (κ2) is 11.3. The van der Waals surface area contributed by atoms with Gasteiger partial charge in [0.2, 0.25) is 0 Å². The Morgan fingerprint density at radius 1 is 1.00 bits per heavy atom. The van der Waals surface area contributed by atoms with E-state index in [1.54, 1.807) is 48.7 Å². The van der Waals surface area contributed by atoms with Gasteiger partial charge in [-0.3, -0.25) is 19.4 Å². The molecule has 0 saturated carbocycles. The van der Waals surface area contributed by atoms with Gasteiger partial charge in [0, 0.05) is 48.1 Å². The van der Waals surface area contributed by atoms with E-state index in [-0.39, 0.29) is 47.5 Å². The first kappa shape index (κ1) is 26.5. The number of anilines is 1. The molecule has 0 bridgehead atoms. The molecule has 0 saturated heterocycles. The minimum absolute atomic E-state index is 0.0551. The molecule has 4 aromatic rings. The second-order valence-electron chi connectivity index (χ2n) is 9.02. The summed E-state index contributed by atoms with van der Waals surface area (Å²) in [4.78, 5) is 49.6. The Balaban J connectivity index is 1.45. The fraction of sp³-hybridized carbons (Fsp3) is 0.138. The summed E-state index contributed by atoms with van der Waals surface area (Å²) in [6.45, 7) is 0.0562. The van der Waals surface area contributed by atoms with Crippen molar-refractivity contribution in [1.82, 2.24) is 14.9 Å². The molecule has 196 valence electrons. The van der Waals surface area contributed by atoms with Crippen LogP contribution >= 0.6 is 23.2 Å². The van der Waals surface area contributed by atoms with E-state index in [2.05, 4.69) is 15.3 Å². The Morgan fingerprint density at radius 2 is 1.82 bits per heavy atom. The predicted octanol–water partition coefficient (Wildman–Crippen LogP) is 5.55. The first-order valence-corrected chi connectivity index (χ1v) is 12.8. The van der Waals surface area contributed by atoms with Crippen LogP contribution in [0.5, 0.6) is 0 Å². The maximum Gasteiger partial charge on any atom is 0.258 e. The number of amides is 2. The summed E-state index contributed by atoms with van der Waals surface area (Å²) in [6, 6.07) is 16.8. The van der Waals surface area contributed by atoms with Gasteiger partial charge < -0.3 is 10.2 Å². The minimum Gasteiger partial charge on any atom is -0.324 e. The molecular weight excluding hydrogens is 542 g/mol. The van der Waals surface area contributed by atoms with Crippen molar-refractivity contribution in [3.8, 4) is 0 Å². The first-order valence-electron chi connectivity index (χ1n) is 12.0. The zero-order valence-corrected chi connectivity index (χ0v) is 21.9. The topological polar surface area (TPSA) is 92.3 Å². The van der Waals surface area contributed by atoms with Crippen molar-refractivity contribution in [2.75, 3.05) is 5.32 Å². The molecule has 39 heavy (non-hydrogen) atoms. The van der Waals surface area contributed by atoms with Gasteiger partial charge in [-0.25, -0.2) is 9.37 Å². The summed E-state index contributed by atoms with van der Waals surface area (Å²) >= 11 is 12.6. The number of pyridine rings is 2. The highest BCUT2D eigenvalue weighted by Gasteiger charge is 2.36. The molecule has 0 unspecified atom stereocenters. The quantitative estimate of drug-likeness (QED) is 0.332. The molecule has 0 radical (unpaired) electrons. The van der Waals surface area contributed by atoms with Gasteiger partial charge in [0.15, 0.2) is 17.4 Å². The Labute approximate surface area is 233 Å². The minimum atomic E-state index is -0.785. The molecule has 2 aromatic heterocycles. The third-order valence-corrected chi connectivity index (χ3v) is 6.97. The van der Waals surface area contributed by atoms with Crippen molar-refractivity contribution in [1.29, 1.82) is 0 Å². The fourth-order valence-corrected chi connectivity index (χ4v) is 4.99. The van der Waals surface area contributed by atoms with Crippen LogP contribution in [-0.4, -0.2) is 38.5 Å². The lowest BCUT2D eigenvalue weighted by Crippen LogP contribution is -2.45. The molecule has 1 aliphatic heterocycles. The Bertz CT molecular complexity index is 1580.